The largest absolute Gasteiger partial charge is 0.490 e. The van der Waals surface area contributed by atoms with Gasteiger partial charge < -0.3 is 15.2 Å². The molecular formula is C17H22ClNO2. The molecule has 0 aliphatic rings. The Kier molecular flexibility index (Phi) is 8.32. The summed E-state index contributed by atoms with van der Waals surface area (Å²) in [5.41, 5.74) is 6.61. The van der Waals surface area contributed by atoms with E-state index >= 15 is 0 Å². The van der Waals surface area contributed by atoms with Gasteiger partial charge in [0.1, 0.15) is 6.61 Å². The molecule has 4 heteroatoms. The number of rotatable bonds is 8. The Balaban J connectivity index is 0.00000220. The topological polar surface area (TPSA) is 44.5 Å². The van der Waals surface area contributed by atoms with Gasteiger partial charge in [0, 0.05) is 0 Å². The third-order valence-electron chi connectivity index (χ3n) is 2.94. The van der Waals surface area contributed by atoms with Gasteiger partial charge in [-0.1, -0.05) is 42.5 Å². The van der Waals surface area contributed by atoms with Gasteiger partial charge >= 0.3 is 0 Å². The van der Waals surface area contributed by atoms with Crippen LogP contribution in [0.25, 0.3) is 0 Å². The van der Waals surface area contributed by atoms with Crippen LogP contribution in [-0.2, 0) is 6.61 Å². The molecule has 2 rings (SSSR count). The highest BCUT2D eigenvalue weighted by molar-refractivity contribution is 5.85. The monoisotopic (exact) mass is 307 g/mol. The summed E-state index contributed by atoms with van der Waals surface area (Å²) < 4.78 is 11.6. The highest BCUT2D eigenvalue weighted by Gasteiger charge is 2.04. The van der Waals surface area contributed by atoms with Crippen molar-refractivity contribution in [2.45, 2.75) is 19.4 Å². The fraction of sp³-hybridized carbons (Fsp3) is 0.294. The minimum atomic E-state index is 0. The predicted molar refractivity (Wildman–Crippen MR) is 88.2 cm³/mol. The van der Waals surface area contributed by atoms with Crippen LogP contribution in [0.3, 0.4) is 0 Å². The number of hydrogen-bond donors (Lipinski definition) is 1. The van der Waals surface area contributed by atoms with Crippen LogP contribution < -0.4 is 15.2 Å². The van der Waals surface area contributed by atoms with Gasteiger partial charge in [0.15, 0.2) is 11.5 Å². The molecule has 21 heavy (non-hydrogen) atoms. The average molecular weight is 308 g/mol. The minimum Gasteiger partial charge on any atom is -0.490 e. The number of nitrogens with two attached hydrogens (primary N) is 1. The van der Waals surface area contributed by atoms with Gasteiger partial charge in [-0.15, -0.1) is 12.4 Å². The Morgan fingerprint density at radius 2 is 1.38 bits per heavy atom. The molecule has 0 aromatic heterocycles. The second-order valence-electron chi connectivity index (χ2n) is 4.57. The normalized spacial score (nSPS) is 9.76. The summed E-state index contributed by atoms with van der Waals surface area (Å²) in [6.07, 6.45) is 1.94. The van der Waals surface area contributed by atoms with E-state index < -0.39 is 0 Å². The quantitative estimate of drug-likeness (QED) is 0.754. The number of unbranched alkanes of at least 4 members (excludes halogenated alkanes) is 1. The van der Waals surface area contributed by atoms with Crippen LogP contribution in [0.15, 0.2) is 54.6 Å². The third-order valence-corrected chi connectivity index (χ3v) is 2.94. The summed E-state index contributed by atoms with van der Waals surface area (Å²) in [6, 6.07) is 17.9. The first-order chi connectivity index (χ1) is 9.90. The molecule has 2 aromatic carbocycles. The molecule has 3 nitrogen and oxygen atoms in total. The van der Waals surface area contributed by atoms with Crippen molar-refractivity contribution in [2.24, 2.45) is 5.73 Å². The Morgan fingerprint density at radius 1 is 0.762 bits per heavy atom. The van der Waals surface area contributed by atoms with Gasteiger partial charge in [-0.2, -0.15) is 0 Å². The molecular weight excluding hydrogens is 286 g/mol. The summed E-state index contributed by atoms with van der Waals surface area (Å²) in [5.74, 6) is 1.57. The summed E-state index contributed by atoms with van der Waals surface area (Å²) >= 11 is 0. The molecule has 0 atom stereocenters. The van der Waals surface area contributed by atoms with E-state index in [1.54, 1.807) is 0 Å². The van der Waals surface area contributed by atoms with Crippen molar-refractivity contribution < 1.29 is 9.47 Å². The Hall–Kier alpha value is -1.71. The molecule has 0 spiro atoms. The molecule has 0 aliphatic heterocycles. The van der Waals surface area contributed by atoms with Crippen molar-refractivity contribution in [3.05, 3.63) is 60.2 Å². The van der Waals surface area contributed by atoms with Crippen LogP contribution in [0.5, 0.6) is 11.5 Å². The van der Waals surface area contributed by atoms with Crippen LogP contribution >= 0.6 is 12.4 Å². The molecule has 2 N–H and O–H groups in total. The van der Waals surface area contributed by atoms with Crippen LogP contribution in [0, 0.1) is 0 Å². The van der Waals surface area contributed by atoms with Crippen LogP contribution in [0.1, 0.15) is 18.4 Å². The maximum atomic E-state index is 5.83. The zero-order chi connectivity index (χ0) is 14.0. The molecule has 0 aliphatic carbocycles. The summed E-state index contributed by atoms with van der Waals surface area (Å²) in [7, 11) is 0. The summed E-state index contributed by atoms with van der Waals surface area (Å²) in [5, 5.41) is 0. The molecule has 0 fully saturated rings. The lowest BCUT2D eigenvalue weighted by atomic mass is 10.2. The molecule has 0 saturated carbocycles. The SMILES string of the molecule is Cl.NCCCCOc1ccccc1OCc1ccccc1. The van der Waals surface area contributed by atoms with Crippen molar-refractivity contribution in [1.29, 1.82) is 0 Å². The fourth-order valence-corrected chi connectivity index (χ4v) is 1.85. The molecule has 0 amide bonds. The summed E-state index contributed by atoms with van der Waals surface area (Å²) in [4.78, 5) is 0. The Labute approximate surface area is 132 Å². The first-order valence-electron chi connectivity index (χ1n) is 6.99. The fourth-order valence-electron chi connectivity index (χ4n) is 1.85. The second kappa shape index (κ2) is 10.1. The lowest BCUT2D eigenvalue weighted by Crippen LogP contribution is -2.04. The molecule has 0 radical (unpaired) electrons. The Morgan fingerprint density at radius 3 is 2.05 bits per heavy atom. The lowest BCUT2D eigenvalue weighted by Gasteiger charge is -2.12. The second-order valence-corrected chi connectivity index (χ2v) is 4.57. The average Bonchev–Trinajstić information content (AvgIpc) is 2.51. The van der Waals surface area contributed by atoms with Gasteiger partial charge in [-0.05, 0) is 37.1 Å². The first-order valence-corrected chi connectivity index (χ1v) is 6.99. The van der Waals surface area contributed by atoms with E-state index in [1.165, 1.54) is 0 Å². The van der Waals surface area contributed by atoms with Crippen LogP contribution in [0.2, 0.25) is 0 Å². The third kappa shape index (κ3) is 6.06. The van der Waals surface area contributed by atoms with Gasteiger partial charge in [0.05, 0.1) is 6.61 Å². The number of ether oxygens (including phenoxy) is 2. The smallest absolute Gasteiger partial charge is 0.161 e. The zero-order valence-electron chi connectivity index (χ0n) is 12.0. The standard InChI is InChI=1S/C17H21NO2.ClH/c18-12-6-7-13-19-16-10-4-5-11-17(16)20-14-15-8-2-1-3-9-15;/h1-5,8-11H,6-7,12-14,18H2;1H. The maximum Gasteiger partial charge on any atom is 0.161 e. The highest BCUT2D eigenvalue weighted by Crippen LogP contribution is 2.27. The van der Waals surface area contributed by atoms with Gasteiger partial charge in [0.25, 0.3) is 0 Å². The van der Waals surface area contributed by atoms with E-state index in [4.69, 9.17) is 15.2 Å². The van der Waals surface area contributed by atoms with E-state index in [2.05, 4.69) is 0 Å². The molecule has 0 unspecified atom stereocenters. The number of benzene rings is 2. The van der Waals surface area contributed by atoms with E-state index in [0.29, 0.717) is 19.8 Å². The number of halogens is 1. The van der Waals surface area contributed by atoms with Crippen molar-refractivity contribution >= 4 is 12.4 Å². The van der Waals surface area contributed by atoms with Gasteiger partial charge in [0.2, 0.25) is 0 Å². The molecule has 114 valence electrons. The van der Waals surface area contributed by atoms with Crippen LogP contribution in [-0.4, -0.2) is 13.2 Å². The van der Waals surface area contributed by atoms with Crippen molar-refractivity contribution in [2.75, 3.05) is 13.2 Å². The van der Waals surface area contributed by atoms with E-state index in [0.717, 1.165) is 29.9 Å². The van der Waals surface area contributed by atoms with Crippen LogP contribution in [0.4, 0.5) is 0 Å². The molecule has 0 heterocycles. The number of para-hydroxylation sites is 2. The first kappa shape index (κ1) is 17.3. The Bertz CT molecular complexity index is 505. The lowest BCUT2D eigenvalue weighted by molar-refractivity contribution is 0.258. The number of hydrogen-bond acceptors (Lipinski definition) is 3. The van der Waals surface area contributed by atoms with Crippen molar-refractivity contribution in [1.82, 2.24) is 0 Å². The van der Waals surface area contributed by atoms with E-state index in [1.807, 2.05) is 54.6 Å². The zero-order valence-corrected chi connectivity index (χ0v) is 12.9. The highest BCUT2D eigenvalue weighted by atomic mass is 35.5. The van der Waals surface area contributed by atoms with Gasteiger partial charge in [-0.25, -0.2) is 0 Å². The van der Waals surface area contributed by atoms with Crippen molar-refractivity contribution in [3.63, 3.8) is 0 Å². The molecule has 0 bridgehead atoms. The van der Waals surface area contributed by atoms with E-state index in [-0.39, 0.29) is 12.4 Å². The van der Waals surface area contributed by atoms with Gasteiger partial charge in [-0.3, -0.25) is 0 Å². The molecule has 2 aromatic rings. The minimum absolute atomic E-state index is 0. The van der Waals surface area contributed by atoms with Crippen molar-refractivity contribution in [3.8, 4) is 11.5 Å². The maximum absolute atomic E-state index is 5.83. The molecule has 0 saturated heterocycles. The van der Waals surface area contributed by atoms with E-state index in [9.17, 15) is 0 Å². The summed E-state index contributed by atoms with van der Waals surface area (Å²) in [6.45, 7) is 1.92. The predicted octanol–water partition coefficient (Wildman–Crippen LogP) is 3.81.